The summed E-state index contributed by atoms with van der Waals surface area (Å²) in [6.45, 7) is 0.628. The largest absolute Gasteiger partial charge is 0.345 e. The second kappa shape index (κ2) is 5.05. The first kappa shape index (κ1) is 9.41. The molecular formula is C7H12NO4. The fourth-order valence-corrected chi connectivity index (χ4v) is 0.977. The maximum atomic E-state index is 9.92. The van der Waals surface area contributed by atoms with E-state index >= 15 is 0 Å². The lowest BCUT2D eigenvalue weighted by atomic mass is 10.2. The van der Waals surface area contributed by atoms with Crippen molar-refractivity contribution in [2.45, 2.75) is 19.3 Å². The molecule has 0 spiro atoms. The standard InChI is InChI=1S/C7H12NO4/c9-8(10)4-6-12-7-3-1-2-5-11-7/h1-6H2. The molecule has 0 amide bonds. The third-order valence-electron chi connectivity index (χ3n) is 1.58. The summed E-state index contributed by atoms with van der Waals surface area (Å²) in [6.07, 6.45) is 3.43. The smallest absolute Gasteiger partial charge is 0.227 e. The van der Waals surface area contributed by atoms with Gasteiger partial charge in [-0.2, -0.15) is 0 Å². The third-order valence-corrected chi connectivity index (χ3v) is 1.58. The minimum Gasteiger partial charge on any atom is -0.345 e. The maximum Gasteiger partial charge on any atom is 0.227 e. The Hall–Kier alpha value is -0.680. The lowest BCUT2D eigenvalue weighted by molar-refractivity contribution is -0.484. The van der Waals surface area contributed by atoms with Crippen LogP contribution in [0.2, 0.25) is 0 Å². The molecule has 5 heteroatoms. The van der Waals surface area contributed by atoms with Crippen LogP contribution in [0.1, 0.15) is 19.3 Å². The molecule has 5 nitrogen and oxygen atoms in total. The van der Waals surface area contributed by atoms with Gasteiger partial charge in [0.2, 0.25) is 12.8 Å². The van der Waals surface area contributed by atoms with Crippen molar-refractivity contribution in [2.24, 2.45) is 0 Å². The fourth-order valence-electron chi connectivity index (χ4n) is 0.977. The third kappa shape index (κ3) is 3.64. The molecule has 0 N–H and O–H groups in total. The van der Waals surface area contributed by atoms with Crippen LogP contribution in [0.15, 0.2) is 0 Å². The quantitative estimate of drug-likeness (QED) is 0.470. The normalized spacial score (nSPS) is 19.3. The zero-order valence-corrected chi connectivity index (χ0v) is 6.82. The second-order valence-corrected chi connectivity index (χ2v) is 2.58. The van der Waals surface area contributed by atoms with Crippen LogP contribution in [0, 0.1) is 16.4 Å². The summed E-state index contributed by atoms with van der Waals surface area (Å²) in [5, 5.41) is 9.92. The van der Waals surface area contributed by atoms with Crippen molar-refractivity contribution < 1.29 is 14.4 Å². The number of nitro groups is 1. The molecule has 69 valence electrons. The summed E-state index contributed by atoms with van der Waals surface area (Å²) in [5.74, 6) is 0. The zero-order chi connectivity index (χ0) is 8.81. The molecule has 1 saturated heterocycles. The van der Waals surface area contributed by atoms with E-state index in [4.69, 9.17) is 9.47 Å². The van der Waals surface area contributed by atoms with Gasteiger partial charge in [0, 0.05) is 11.3 Å². The van der Waals surface area contributed by atoms with Gasteiger partial charge in [0.1, 0.15) is 6.61 Å². The minimum absolute atomic E-state index is 0.113. The fraction of sp³-hybridized carbons (Fsp3) is 0.857. The predicted octanol–water partition coefficient (Wildman–Crippen LogP) is 0.970. The van der Waals surface area contributed by atoms with E-state index in [0.29, 0.717) is 12.9 Å². The van der Waals surface area contributed by atoms with Crippen molar-refractivity contribution in [3.05, 3.63) is 16.4 Å². The topological polar surface area (TPSA) is 61.6 Å². The molecule has 0 saturated carbocycles. The van der Waals surface area contributed by atoms with Gasteiger partial charge in [-0.3, -0.25) is 10.1 Å². The molecule has 0 aromatic rings. The van der Waals surface area contributed by atoms with E-state index in [1.54, 1.807) is 0 Å². The van der Waals surface area contributed by atoms with Crippen LogP contribution in [0.4, 0.5) is 0 Å². The molecule has 0 atom stereocenters. The van der Waals surface area contributed by atoms with Gasteiger partial charge in [-0.15, -0.1) is 0 Å². The van der Waals surface area contributed by atoms with Gasteiger partial charge in [0.25, 0.3) is 0 Å². The SMILES string of the molecule is O=[N+]([O-])CCO[C]1CCCCO1. The lowest BCUT2D eigenvalue weighted by Crippen LogP contribution is -2.18. The van der Waals surface area contributed by atoms with Crippen LogP contribution in [0.25, 0.3) is 0 Å². The van der Waals surface area contributed by atoms with Crippen molar-refractivity contribution in [1.29, 1.82) is 0 Å². The second-order valence-electron chi connectivity index (χ2n) is 2.58. The van der Waals surface area contributed by atoms with Crippen molar-refractivity contribution in [3.63, 3.8) is 0 Å². The monoisotopic (exact) mass is 174 g/mol. The Kier molecular flexibility index (Phi) is 3.96. The Bertz CT molecular complexity index is 144. The highest BCUT2D eigenvalue weighted by Crippen LogP contribution is 2.19. The van der Waals surface area contributed by atoms with Crippen LogP contribution in [-0.2, 0) is 9.47 Å². The first-order valence-corrected chi connectivity index (χ1v) is 4.02. The Morgan fingerprint density at radius 1 is 1.58 bits per heavy atom. The van der Waals surface area contributed by atoms with E-state index in [-0.39, 0.29) is 13.2 Å². The number of hydrogen-bond donors (Lipinski definition) is 0. The van der Waals surface area contributed by atoms with Gasteiger partial charge in [0.15, 0.2) is 0 Å². The lowest BCUT2D eigenvalue weighted by Gasteiger charge is -2.19. The van der Waals surface area contributed by atoms with Gasteiger partial charge in [-0.25, -0.2) is 0 Å². The van der Waals surface area contributed by atoms with Gasteiger partial charge < -0.3 is 9.47 Å². The highest BCUT2D eigenvalue weighted by atomic mass is 16.7. The van der Waals surface area contributed by atoms with E-state index in [2.05, 4.69) is 0 Å². The van der Waals surface area contributed by atoms with Crippen molar-refractivity contribution >= 4 is 0 Å². The molecule has 0 aliphatic carbocycles. The Morgan fingerprint density at radius 3 is 3.00 bits per heavy atom. The van der Waals surface area contributed by atoms with E-state index < -0.39 is 4.92 Å². The Labute approximate surface area is 70.8 Å². The molecule has 1 aliphatic rings. The summed E-state index contributed by atoms with van der Waals surface area (Å²) in [7, 11) is 0. The molecule has 0 bridgehead atoms. The van der Waals surface area contributed by atoms with Crippen molar-refractivity contribution in [3.8, 4) is 0 Å². The zero-order valence-electron chi connectivity index (χ0n) is 6.82. The van der Waals surface area contributed by atoms with Crippen LogP contribution in [0.3, 0.4) is 0 Å². The maximum absolute atomic E-state index is 9.92. The number of hydrogen-bond acceptors (Lipinski definition) is 4. The number of rotatable bonds is 4. The summed E-state index contributed by atoms with van der Waals surface area (Å²) < 4.78 is 10.2. The van der Waals surface area contributed by atoms with Crippen molar-refractivity contribution in [1.82, 2.24) is 0 Å². The molecule has 1 heterocycles. The van der Waals surface area contributed by atoms with Gasteiger partial charge in [-0.05, 0) is 12.8 Å². The first-order valence-electron chi connectivity index (χ1n) is 4.02. The first-order chi connectivity index (χ1) is 5.79. The molecule has 0 aromatic heterocycles. The highest BCUT2D eigenvalue weighted by molar-refractivity contribution is 4.69. The molecular weight excluding hydrogens is 162 g/mol. The van der Waals surface area contributed by atoms with E-state index in [1.165, 1.54) is 0 Å². The van der Waals surface area contributed by atoms with Gasteiger partial charge >= 0.3 is 0 Å². The molecule has 0 aromatic carbocycles. The van der Waals surface area contributed by atoms with E-state index in [9.17, 15) is 10.1 Å². The highest BCUT2D eigenvalue weighted by Gasteiger charge is 2.16. The molecule has 1 rings (SSSR count). The summed E-state index contributed by atoms with van der Waals surface area (Å²) in [4.78, 5) is 9.52. The summed E-state index contributed by atoms with van der Waals surface area (Å²) in [5.41, 5.74) is 0. The summed E-state index contributed by atoms with van der Waals surface area (Å²) >= 11 is 0. The van der Waals surface area contributed by atoms with Crippen LogP contribution < -0.4 is 0 Å². The van der Waals surface area contributed by atoms with E-state index in [0.717, 1.165) is 19.3 Å². The molecule has 1 aliphatic heterocycles. The van der Waals surface area contributed by atoms with Crippen LogP contribution in [0.5, 0.6) is 0 Å². The predicted molar refractivity (Wildman–Crippen MR) is 40.9 cm³/mol. The molecule has 1 radical (unpaired) electrons. The van der Waals surface area contributed by atoms with Gasteiger partial charge in [0.05, 0.1) is 6.61 Å². The average Bonchev–Trinajstić information content (AvgIpc) is 2.05. The summed E-state index contributed by atoms with van der Waals surface area (Å²) in [6, 6.07) is 0. The van der Waals surface area contributed by atoms with Gasteiger partial charge in [-0.1, -0.05) is 0 Å². The van der Waals surface area contributed by atoms with Crippen LogP contribution in [-0.4, -0.2) is 24.7 Å². The number of ether oxygens (including phenoxy) is 2. The minimum atomic E-state index is -0.399. The van der Waals surface area contributed by atoms with E-state index in [1.807, 2.05) is 0 Å². The van der Waals surface area contributed by atoms with Crippen LogP contribution >= 0.6 is 0 Å². The Morgan fingerprint density at radius 2 is 2.42 bits per heavy atom. The Balaban J connectivity index is 2.01. The molecule has 12 heavy (non-hydrogen) atoms. The number of nitrogens with zero attached hydrogens (tertiary/aromatic N) is 1. The molecule has 1 fully saturated rings. The van der Waals surface area contributed by atoms with Crippen molar-refractivity contribution in [2.75, 3.05) is 19.8 Å². The average molecular weight is 174 g/mol. The molecule has 0 unspecified atom stereocenters.